The Labute approximate surface area is 184 Å². The van der Waals surface area contributed by atoms with Crippen LogP contribution in [-0.2, 0) is 9.59 Å². The van der Waals surface area contributed by atoms with E-state index in [0.717, 1.165) is 16.0 Å². The fourth-order valence-electron chi connectivity index (χ4n) is 3.39. The van der Waals surface area contributed by atoms with Crippen molar-refractivity contribution in [3.63, 3.8) is 0 Å². The number of hydrogen-bond donors (Lipinski definition) is 1. The molecule has 0 radical (unpaired) electrons. The van der Waals surface area contributed by atoms with Gasteiger partial charge in [0.15, 0.2) is 0 Å². The number of rotatable bonds is 4. The molecule has 0 aromatic heterocycles. The SMILES string of the molecule is Cc1ccc(C2=C(Nc3ccc(Cl)cc3C)C(=O)N(c3cccc(Cl)c3)C2=O)cc1. The van der Waals surface area contributed by atoms with Crippen LogP contribution in [0.1, 0.15) is 16.7 Å². The second-order valence-corrected chi connectivity index (χ2v) is 8.00. The number of halogens is 2. The van der Waals surface area contributed by atoms with Crippen molar-refractivity contribution in [3.05, 3.63) is 99.2 Å². The molecule has 2 amide bonds. The number of amides is 2. The van der Waals surface area contributed by atoms with Gasteiger partial charge in [-0.1, -0.05) is 59.1 Å². The Balaban J connectivity index is 1.84. The monoisotopic (exact) mass is 436 g/mol. The smallest absolute Gasteiger partial charge is 0.282 e. The maximum absolute atomic E-state index is 13.4. The van der Waals surface area contributed by atoms with Crippen LogP contribution < -0.4 is 10.2 Å². The Morgan fingerprint density at radius 3 is 2.17 bits per heavy atom. The van der Waals surface area contributed by atoms with E-state index < -0.39 is 11.8 Å². The Hall–Kier alpha value is -3.08. The molecule has 150 valence electrons. The number of carbonyl (C=O) groups excluding carboxylic acids is 2. The Kier molecular flexibility index (Phi) is 5.37. The van der Waals surface area contributed by atoms with Gasteiger partial charge in [0.25, 0.3) is 11.8 Å². The van der Waals surface area contributed by atoms with E-state index in [1.54, 1.807) is 42.5 Å². The highest BCUT2D eigenvalue weighted by Gasteiger charge is 2.40. The largest absolute Gasteiger partial charge is 0.350 e. The maximum Gasteiger partial charge on any atom is 0.282 e. The van der Waals surface area contributed by atoms with E-state index in [4.69, 9.17) is 23.2 Å². The van der Waals surface area contributed by atoms with Gasteiger partial charge in [0.05, 0.1) is 11.3 Å². The Morgan fingerprint density at radius 2 is 1.50 bits per heavy atom. The lowest BCUT2D eigenvalue weighted by Crippen LogP contribution is -2.32. The third kappa shape index (κ3) is 3.72. The number of anilines is 2. The van der Waals surface area contributed by atoms with Gasteiger partial charge < -0.3 is 5.32 Å². The van der Waals surface area contributed by atoms with Crippen molar-refractivity contribution in [2.45, 2.75) is 13.8 Å². The van der Waals surface area contributed by atoms with Crippen LogP contribution in [0.5, 0.6) is 0 Å². The summed E-state index contributed by atoms with van der Waals surface area (Å²) in [6.45, 7) is 3.85. The highest BCUT2D eigenvalue weighted by molar-refractivity contribution is 6.46. The molecule has 6 heteroatoms. The minimum Gasteiger partial charge on any atom is -0.350 e. The summed E-state index contributed by atoms with van der Waals surface area (Å²) in [6, 6.07) is 19.5. The van der Waals surface area contributed by atoms with E-state index in [0.29, 0.717) is 32.6 Å². The van der Waals surface area contributed by atoms with Crippen molar-refractivity contribution in [3.8, 4) is 0 Å². The standard InChI is InChI=1S/C24H18Cl2N2O2/c1-14-6-8-16(9-7-14)21-22(27-20-11-10-18(26)12-15(20)2)24(30)28(23(21)29)19-5-3-4-17(25)13-19/h3-13,27H,1-2H3. The first-order valence-corrected chi connectivity index (χ1v) is 10.1. The molecule has 0 atom stereocenters. The molecule has 4 nitrogen and oxygen atoms in total. The molecule has 3 aromatic rings. The van der Waals surface area contributed by atoms with Crippen LogP contribution in [0, 0.1) is 13.8 Å². The third-order valence-corrected chi connectivity index (χ3v) is 5.41. The molecule has 3 aromatic carbocycles. The zero-order chi connectivity index (χ0) is 21.4. The van der Waals surface area contributed by atoms with Gasteiger partial charge in [-0.3, -0.25) is 9.59 Å². The minimum absolute atomic E-state index is 0.217. The van der Waals surface area contributed by atoms with E-state index in [1.165, 1.54) is 0 Å². The van der Waals surface area contributed by atoms with E-state index in [1.807, 2.05) is 38.1 Å². The summed E-state index contributed by atoms with van der Waals surface area (Å²) in [5.74, 6) is -0.840. The van der Waals surface area contributed by atoms with Crippen molar-refractivity contribution in [2.24, 2.45) is 0 Å². The zero-order valence-electron chi connectivity index (χ0n) is 16.4. The molecule has 0 saturated carbocycles. The highest BCUT2D eigenvalue weighted by Crippen LogP contribution is 2.35. The molecule has 0 aliphatic carbocycles. The summed E-state index contributed by atoms with van der Waals surface area (Å²) in [4.78, 5) is 27.9. The van der Waals surface area contributed by atoms with E-state index in [9.17, 15) is 9.59 Å². The van der Waals surface area contributed by atoms with Crippen molar-refractivity contribution < 1.29 is 9.59 Å². The van der Waals surface area contributed by atoms with Gasteiger partial charge in [-0.2, -0.15) is 0 Å². The molecule has 0 fully saturated rings. The molecule has 1 aliphatic rings. The van der Waals surface area contributed by atoms with Crippen LogP contribution in [0.15, 0.2) is 72.4 Å². The average molecular weight is 437 g/mol. The number of benzene rings is 3. The van der Waals surface area contributed by atoms with E-state index >= 15 is 0 Å². The maximum atomic E-state index is 13.4. The third-order valence-electron chi connectivity index (χ3n) is 4.94. The quantitative estimate of drug-likeness (QED) is 0.509. The fourth-order valence-corrected chi connectivity index (χ4v) is 3.80. The van der Waals surface area contributed by atoms with Crippen LogP contribution in [0.3, 0.4) is 0 Å². The first-order chi connectivity index (χ1) is 14.3. The number of hydrogen-bond acceptors (Lipinski definition) is 3. The van der Waals surface area contributed by atoms with Crippen LogP contribution in [0.25, 0.3) is 5.57 Å². The molecular weight excluding hydrogens is 419 g/mol. The first kappa shape index (κ1) is 20.2. The van der Waals surface area contributed by atoms with Gasteiger partial charge in [0.2, 0.25) is 0 Å². The summed E-state index contributed by atoms with van der Waals surface area (Å²) in [5.41, 5.74) is 4.24. The molecule has 1 heterocycles. The first-order valence-electron chi connectivity index (χ1n) is 9.34. The van der Waals surface area contributed by atoms with Crippen molar-refractivity contribution >= 4 is 52.0 Å². The van der Waals surface area contributed by atoms with Gasteiger partial charge in [0, 0.05) is 15.7 Å². The van der Waals surface area contributed by atoms with Crippen LogP contribution in [-0.4, -0.2) is 11.8 Å². The van der Waals surface area contributed by atoms with E-state index in [-0.39, 0.29) is 5.70 Å². The molecule has 0 saturated heterocycles. The van der Waals surface area contributed by atoms with Crippen LogP contribution >= 0.6 is 23.2 Å². The normalized spacial score (nSPS) is 13.9. The topological polar surface area (TPSA) is 49.4 Å². The summed E-state index contributed by atoms with van der Waals surface area (Å²) in [5, 5.41) is 4.21. The second kappa shape index (κ2) is 7.98. The molecule has 0 spiro atoms. The van der Waals surface area contributed by atoms with Crippen molar-refractivity contribution in [1.82, 2.24) is 0 Å². The summed E-state index contributed by atoms with van der Waals surface area (Å²) >= 11 is 12.2. The molecule has 4 rings (SSSR count). The second-order valence-electron chi connectivity index (χ2n) is 7.13. The fraction of sp³-hybridized carbons (Fsp3) is 0.0833. The van der Waals surface area contributed by atoms with Gasteiger partial charge in [-0.15, -0.1) is 0 Å². The van der Waals surface area contributed by atoms with Crippen molar-refractivity contribution in [1.29, 1.82) is 0 Å². The Bertz CT molecular complexity index is 1200. The van der Waals surface area contributed by atoms with Crippen molar-refractivity contribution in [2.75, 3.05) is 10.2 Å². The van der Waals surface area contributed by atoms with Gasteiger partial charge in [0.1, 0.15) is 5.70 Å². The summed E-state index contributed by atoms with van der Waals surface area (Å²) in [6.07, 6.45) is 0. The summed E-state index contributed by atoms with van der Waals surface area (Å²) in [7, 11) is 0. The number of nitrogens with one attached hydrogen (secondary N) is 1. The van der Waals surface area contributed by atoms with E-state index in [2.05, 4.69) is 5.32 Å². The zero-order valence-corrected chi connectivity index (χ0v) is 17.9. The predicted molar refractivity (Wildman–Crippen MR) is 122 cm³/mol. The lowest BCUT2D eigenvalue weighted by molar-refractivity contribution is -0.120. The highest BCUT2D eigenvalue weighted by atomic mass is 35.5. The molecule has 1 N–H and O–H groups in total. The average Bonchev–Trinajstić information content (AvgIpc) is 2.94. The predicted octanol–water partition coefficient (Wildman–Crippen LogP) is 6.01. The number of aryl methyl sites for hydroxylation is 2. The lowest BCUT2D eigenvalue weighted by Gasteiger charge is -2.16. The molecular formula is C24H18Cl2N2O2. The van der Waals surface area contributed by atoms with Gasteiger partial charge >= 0.3 is 0 Å². The Morgan fingerprint density at radius 1 is 0.800 bits per heavy atom. The van der Waals surface area contributed by atoms with Crippen LogP contribution in [0.2, 0.25) is 10.0 Å². The molecule has 0 bridgehead atoms. The minimum atomic E-state index is -0.438. The summed E-state index contributed by atoms with van der Waals surface area (Å²) < 4.78 is 0. The number of imide groups is 1. The van der Waals surface area contributed by atoms with Gasteiger partial charge in [-0.05, 0) is 61.4 Å². The molecule has 0 unspecified atom stereocenters. The molecule has 30 heavy (non-hydrogen) atoms. The number of nitrogens with zero attached hydrogens (tertiary/aromatic N) is 1. The number of carbonyl (C=O) groups is 2. The van der Waals surface area contributed by atoms with Crippen LogP contribution in [0.4, 0.5) is 11.4 Å². The van der Waals surface area contributed by atoms with Gasteiger partial charge in [-0.25, -0.2) is 4.90 Å². The molecule has 1 aliphatic heterocycles. The lowest BCUT2D eigenvalue weighted by atomic mass is 10.0.